The second kappa shape index (κ2) is 5.16. The molecule has 15 heavy (non-hydrogen) atoms. The Morgan fingerprint density at radius 2 is 2.27 bits per heavy atom. The monoisotopic (exact) mass is 268 g/mol. The summed E-state index contributed by atoms with van der Waals surface area (Å²) in [5.74, 6) is 0.914. The number of alkyl halides is 1. The van der Waals surface area contributed by atoms with Crippen molar-refractivity contribution in [1.29, 1.82) is 0 Å². The summed E-state index contributed by atoms with van der Waals surface area (Å²) < 4.78 is 7.45. The van der Waals surface area contributed by atoms with Crippen molar-refractivity contribution in [2.75, 3.05) is 11.9 Å². The molecule has 3 nitrogen and oxygen atoms in total. The standard InChI is InChI=1S/C11H13BrN2O/c12-5-1-2-8-15-11-4-7-14-10(9-11)3-6-13-14/h3-4,6-7,9H,1-2,5,8H2. The van der Waals surface area contributed by atoms with Crippen LogP contribution in [-0.4, -0.2) is 21.6 Å². The van der Waals surface area contributed by atoms with Gasteiger partial charge in [-0.2, -0.15) is 5.10 Å². The van der Waals surface area contributed by atoms with Gasteiger partial charge in [0.2, 0.25) is 0 Å². The fraction of sp³-hybridized carbons (Fsp3) is 0.364. The molecule has 0 atom stereocenters. The third kappa shape index (κ3) is 2.72. The fourth-order valence-corrected chi connectivity index (χ4v) is 1.77. The highest BCUT2D eigenvalue weighted by Crippen LogP contribution is 2.14. The van der Waals surface area contributed by atoms with Gasteiger partial charge in [-0.05, 0) is 25.0 Å². The summed E-state index contributed by atoms with van der Waals surface area (Å²) in [5, 5.41) is 5.16. The van der Waals surface area contributed by atoms with Crippen LogP contribution < -0.4 is 4.74 Å². The van der Waals surface area contributed by atoms with E-state index in [0.29, 0.717) is 0 Å². The summed E-state index contributed by atoms with van der Waals surface area (Å²) in [6.45, 7) is 0.774. The smallest absolute Gasteiger partial charge is 0.122 e. The zero-order valence-corrected chi connectivity index (χ0v) is 9.98. The number of hydrogen-bond acceptors (Lipinski definition) is 2. The zero-order valence-electron chi connectivity index (χ0n) is 8.40. The first-order chi connectivity index (χ1) is 7.40. The van der Waals surface area contributed by atoms with Gasteiger partial charge in [0.15, 0.2) is 0 Å². The van der Waals surface area contributed by atoms with Crippen molar-refractivity contribution in [2.24, 2.45) is 0 Å². The molecule has 0 aliphatic rings. The number of halogens is 1. The van der Waals surface area contributed by atoms with Crippen LogP contribution >= 0.6 is 15.9 Å². The van der Waals surface area contributed by atoms with E-state index in [0.717, 1.165) is 36.0 Å². The number of aromatic nitrogens is 2. The minimum atomic E-state index is 0.774. The molecule has 0 aliphatic heterocycles. The van der Waals surface area contributed by atoms with Crippen LogP contribution in [0, 0.1) is 0 Å². The lowest BCUT2D eigenvalue weighted by atomic mass is 10.3. The highest BCUT2D eigenvalue weighted by Gasteiger charge is 1.97. The van der Waals surface area contributed by atoms with Crippen LogP contribution in [0.5, 0.6) is 5.75 Å². The van der Waals surface area contributed by atoms with E-state index in [2.05, 4.69) is 21.0 Å². The Kier molecular flexibility index (Phi) is 3.61. The van der Waals surface area contributed by atoms with Gasteiger partial charge in [-0.1, -0.05) is 15.9 Å². The van der Waals surface area contributed by atoms with E-state index in [1.54, 1.807) is 6.20 Å². The Labute approximate surface area is 97.2 Å². The van der Waals surface area contributed by atoms with Gasteiger partial charge >= 0.3 is 0 Å². The van der Waals surface area contributed by atoms with Gasteiger partial charge in [0.1, 0.15) is 5.75 Å². The molecule has 2 aromatic heterocycles. The summed E-state index contributed by atoms with van der Waals surface area (Å²) in [4.78, 5) is 0. The third-order valence-corrected chi connectivity index (χ3v) is 2.73. The maximum Gasteiger partial charge on any atom is 0.122 e. The molecule has 2 aromatic rings. The van der Waals surface area contributed by atoms with Gasteiger partial charge in [-0.3, -0.25) is 0 Å². The number of nitrogens with zero attached hydrogens (tertiary/aromatic N) is 2. The topological polar surface area (TPSA) is 26.5 Å². The van der Waals surface area contributed by atoms with Crippen LogP contribution in [0.3, 0.4) is 0 Å². The SMILES string of the molecule is BrCCCCOc1ccn2nccc2c1. The Morgan fingerprint density at radius 3 is 3.13 bits per heavy atom. The van der Waals surface area contributed by atoms with E-state index in [9.17, 15) is 0 Å². The lowest BCUT2D eigenvalue weighted by molar-refractivity contribution is 0.310. The Hall–Kier alpha value is -1.03. The van der Waals surface area contributed by atoms with Gasteiger partial charge in [0.05, 0.1) is 12.1 Å². The van der Waals surface area contributed by atoms with Crippen LogP contribution in [0.15, 0.2) is 30.6 Å². The van der Waals surface area contributed by atoms with E-state index in [4.69, 9.17) is 4.74 Å². The fourth-order valence-electron chi connectivity index (χ4n) is 1.38. The largest absolute Gasteiger partial charge is 0.493 e. The van der Waals surface area contributed by atoms with E-state index < -0.39 is 0 Å². The summed E-state index contributed by atoms with van der Waals surface area (Å²) in [6.07, 6.45) is 5.92. The average molecular weight is 269 g/mol. The van der Waals surface area contributed by atoms with Crippen LogP contribution in [-0.2, 0) is 0 Å². The lowest BCUT2D eigenvalue weighted by Gasteiger charge is -2.05. The number of pyridine rings is 1. The zero-order chi connectivity index (χ0) is 10.5. The number of hydrogen-bond donors (Lipinski definition) is 0. The van der Waals surface area contributed by atoms with E-state index in [1.165, 1.54) is 0 Å². The number of rotatable bonds is 5. The van der Waals surface area contributed by atoms with Gasteiger partial charge in [0, 0.05) is 23.8 Å². The average Bonchev–Trinajstić information content (AvgIpc) is 2.71. The van der Waals surface area contributed by atoms with E-state index in [1.807, 2.05) is 28.9 Å². The number of fused-ring (bicyclic) bond motifs is 1. The molecule has 0 radical (unpaired) electrons. The van der Waals surface area contributed by atoms with Gasteiger partial charge in [-0.25, -0.2) is 4.52 Å². The van der Waals surface area contributed by atoms with Crippen molar-refractivity contribution >= 4 is 21.4 Å². The highest BCUT2D eigenvalue weighted by molar-refractivity contribution is 9.09. The molecule has 4 heteroatoms. The number of ether oxygens (including phenoxy) is 1. The predicted octanol–water partition coefficient (Wildman–Crippen LogP) is 2.89. The van der Waals surface area contributed by atoms with Gasteiger partial charge in [0.25, 0.3) is 0 Å². The van der Waals surface area contributed by atoms with Gasteiger partial charge < -0.3 is 4.74 Å². The highest BCUT2D eigenvalue weighted by atomic mass is 79.9. The quantitative estimate of drug-likeness (QED) is 0.616. The molecule has 0 saturated heterocycles. The molecule has 0 saturated carbocycles. The molecule has 0 fully saturated rings. The summed E-state index contributed by atoms with van der Waals surface area (Å²) >= 11 is 3.40. The van der Waals surface area contributed by atoms with Crippen molar-refractivity contribution in [3.05, 3.63) is 30.6 Å². The summed E-state index contributed by atoms with van der Waals surface area (Å²) in [6, 6.07) is 5.90. The first-order valence-corrected chi connectivity index (χ1v) is 6.14. The molecule has 0 aromatic carbocycles. The van der Waals surface area contributed by atoms with E-state index >= 15 is 0 Å². The Morgan fingerprint density at radius 1 is 1.33 bits per heavy atom. The van der Waals surface area contributed by atoms with Crippen LogP contribution in [0.4, 0.5) is 0 Å². The second-order valence-corrected chi connectivity index (χ2v) is 4.10. The minimum Gasteiger partial charge on any atom is -0.493 e. The molecule has 0 bridgehead atoms. The maximum atomic E-state index is 5.62. The Balaban J connectivity index is 1.96. The molecule has 0 amide bonds. The Bertz CT molecular complexity index is 427. The minimum absolute atomic E-state index is 0.774. The molecule has 0 spiro atoms. The van der Waals surface area contributed by atoms with Crippen LogP contribution in [0.25, 0.3) is 5.52 Å². The molecule has 80 valence electrons. The second-order valence-electron chi connectivity index (χ2n) is 3.31. The molecule has 0 unspecified atom stereocenters. The van der Waals surface area contributed by atoms with E-state index in [-0.39, 0.29) is 0 Å². The maximum absolute atomic E-state index is 5.62. The predicted molar refractivity (Wildman–Crippen MR) is 63.7 cm³/mol. The first kappa shape index (κ1) is 10.5. The third-order valence-electron chi connectivity index (χ3n) is 2.17. The van der Waals surface area contributed by atoms with Crippen molar-refractivity contribution < 1.29 is 4.74 Å². The first-order valence-electron chi connectivity index (χ1n) is 5.02. The van der Waals surface area contributed by atoms with Gasteiger partial charge in [-0.15, -0.1) is 0 Å². The van der Waals surface area contributed by atoms with Crippen molar-refractivity contribution in [2.45, 2.75) is 12.8 Å². The molecule has 0 N–H and O–H groups in total. The van der Waals surface area contributed by atoms with Crippen molar-refractivity contribution in [3.8, 4) is 5.75 Å². The normalized spacial score (nSPS) is 10.7. The summed E-state index contributed by atoms with van der Waals surface area (Å²) in [5.41, 5.74) is 1.06. The molecule has 0 aliphatic carbocycles. The number of unbranched alkanes of at least 4 members (excludes halogenated alkanes) is 1. The molecular weight excluding hydrogens is 256 g/mol. The molecular formula is C11H13BrN2O. The van der Waals surface area contributed by atoms with Crippen LogP contribution in [0.2, 0.25) is 0 Å². The summed E-state index contributed by atoms with van der Waals surface area (Å²) in [7, 11) is 0. The lowest BCUT2D eigenvalue weighted by Crippen LogP contribution is -1.98. The van der Waals surface area contributed by atoms with Crippen molar-refractivity contribution in [3.63, 3.8) is 0 Å². The molecule has 2 rings (SSSR count). The van der Waals surface area contributed by atoms with Crippen molar-refractivity contribution in [1.82, 2.24) is 9.61 Å². The molecule has 2 heterocycles. The van der Waals surface area contributed by atoms with Crippen LogP contribution in [0.1, 0.15) is 12.8 Å².